The number of rotatable bonds is 3. The molecule has 0 saturated carbocycles. The van der Waals surface area contributed by atoms with Gasteiger partial charge in [-0.3, -0.25) is 0 Å². The van der Waals surface area contributed by atoms with Gasteiger partial charge in [-0.25, -0.2) is 4.58 Å². The topological polar surface area (TPSA) is 20.1 Å². The summed E-state index contributed by atoms with van der Waals surface area (Å²) in [4.78, 5) is 0. The molecule has 0 spiro atoms. The average Bonchev–Trinajstić information content (AvgIpc) is 2.89. The second-order valence-corrected chi connectivity index (χ2v) is 10.5. The van der Waals surface area contributed by atoms with Crippen LogP contribution in [0.4, 0.5) is 5.69 Å². The van der Waals surface area contributed by atoms with Crippen molar-refractivity contribution in [2.45, 2.75) is 26.2 Å². The number of benzene rings is 3. The van der Waals surface area contributed by atoms with Gasteiger partial charge in [-0.1, -0.05) is 60.7 Å². The Balaban J connectivity index is 1.98. The van der Waals surface area contributed by atoms with Gasteiger partial charge in [0.15, 0.2) is 12.9 Å². The van der Waals surface area contributed by atoms with Crippen LogP contribution in [0.3, 0.4) is 0 Å². The minimum atomic E-state index is -2.93. The monoisotopic (exact) mass is 374 g/mol. The van der Waals surface area contributed by atoms with Crippen molar-refractivity contribution in [3.63, 3.8) is 0 Å². The minimum Gasteiger partial charge on any atom is -0.309 e. The van der Waals surface area contributed by atoms with Crippen LogP contribution in [-0.4, -0.2) is 17.3 Å². The van der Waals surface area contributed by atoms with Crippen LogP contribution < -0.4 is 15.9 Å². The molecule has 2 nitrogen and oxygen atoms in total. The molecule has 1 heterocycles. The summed E-state index contributed by atoms with van der Waals surface area (Å²) in [5, 5.41) is 2.65. The maximum atomic E-state index is 14.6. The van der Waals surface area contributed by atoms with E-state index in [4.69, 9.17) is 0 Å². The van der Waals surface area contributed by atoms with Gasteiger partial charge in [0.25, 0.3) is 0 Å². The second-order valence-electron chi connectivity index (χ2n) is 7.75. The third-order valence-corrected chi connectivity index (χ3v) is 9.08. The zero-order valence-corrected chi connectivity index (χ0v) is 17.2. The summed E-state index contributed by atoms with van der Waals surface area (Å²) in [7, 11) is -0.825. The van der Waals surface area contributed by atoms with E-state index in [1.807, 2.05) is 66.7 Å². The standard InChI is InChI=1S/C24H25NOP/c1-18-24(2,3)22-17-21(15-16-23(22)25(18)4)27(26,19-11-7-5-8-12-19)20-13-9-6-10-14-20/h5-17H,1-4H3/q+1. The average molecular weight is 374 g/mol. The van der Waals surface area contributed by atoms with E-state index < -0.39 is 7.14 Å². The van der Waals surface area contributed by atoms with E-state index in [1.54, 1.807) is 0 Å². The van der Waals surface area contributed by atoms with Crippen LogP contribution >= 0.6 is 7.14 Å². The highest BCUT2D eigenvalue weighted by Crippen LogP contribution is 2.45. The van der Waals surface area contributed by atoms with E-state index in [1.165, 1.54) is 17.0 Å². The van der Waals surface area contributed by atoms with E-state index in [-0.39, 0.29) is 5.41 Å². The Morgan fingerprint density at radius 2 is 1.30 bits per heavy atom. The van der Waals surface area contributed by atoms with Crippen LogP contribution in [0.2, 0.25) is 0 Å². The molecule has 3 aromatic rings. The number of hydrogen-bond donors (Lipinski definition) is 0. The highest BCUT2D eigenvalue weighted by Gasteiger charge is 2.43. The lowest BCUT2D eigenvalue weighted by Gasteiger charge is -2.22. The van der Waals surface area contributed by atoms with Gasteiger partial charge in [0.2, 0.25) is 5.69 Å². The largest absolute Gasteiger partial charge is 0.309 e. The Morgan fingerprint density at radius 3 is 1.81 bits per heavy atom. The highest BCUT2D eigenvalue weighted by atomic mass is 31.2. The Bertz CT molecular complexity index is 1040. The zero-order chi connectivity index (χ0) is 19.2. The summed E-state index contributed by atoms with van der Waals surface area (Å²) in [6.45, 7) is 6.66. The van der Waals surface area contributed by atoms with Crippen molar-refractivity contribution >= 4 is 34.5 Å². The van der Waals surface area contributed by atoms with Crippen molar-refractivity contribution in [2.24, 2.45) is 0 Å². The normalized spacial score (nSPS) is 15.7. The minimum absolute atomic E-state index is 0.0711. The molecule has 0 aromatic heterocycles. The molecule has 3 heteroatoms. The van der Waals surface area contributed by atoms with Crippen molar-refractivity contribution < 1.29 is 9.14 Å². The summed E-state index contributed by atoms with van der Waals surface area (Å²) in [5.41, 5.74) is 3.68. The van der Waals surface area contributed by atoms with E-state index in [2.05, 4.69) is 44.5 Å². The van der Waals surface area contributed by atoms with Gasteiger partial charge in [-0.05, 0) is 26.0 Å². The molecule has 0 amide bonds. The van der Waals surface area contributed by atoms with Crippen LogP contribution in [0.5, 0.6) is 0 Å². The summed E-state index contributed by atoms with van der Waals surface area (Å²) in [6, 6.07) is 26.1. The molecule has 0 N–H and O–H groups in total. The molecule has 0 saturated heterocycles. The highest BCUT2D eigenvalue weighted by molar-refractivity contribution is 7.85. The van der Waals surface area contributed by atoms with Gasteiger partial charge in [0, 0.05) is 34.5 Å². The Hall–Kier alpha value is -2.44. The first-order valence-corrected chi connectivity index (χ1v) is 11.0. The van der Waals surface area contributed by atoms with Gasteiger partial charge >= 0.3 is 0 Å². The lowest BCUT2D eigenvalue weighted by molar-refractivity contribution is -0.403. The molecule has 136 valence electrons. The quantitative estimate of drug-likeness (QED) is 0.493. The molecular weight excluding hydrogens is 349 g/mol. The van der Waals surface area contributed by atoms with Crippen LogP contribution in [0.1, 0.15) is 26.3 Å². The van der Waals surface area contributed by atoms with Crippen molar-refractivity contribution in [3.8, 4) is 0 Å². The zero-order valence-electron chi connectivity index (χ0n) is 16.3. The molecule has 1 aliphatic heterocycles. The first-order chi connectivity index (χ1) is 12.9. The van der Waals surface area contributed by atoms with Gasteiger partial charge in [-0.2, -0.15) is 0 Å². The van der Waals surface area contributed by atoms with Gasteiger partial charge < -0.3 is 4.57 Å². The van der Waals surface area contributed by atoms with Crippen LogP contribution in [0.25, 0.3) is 0 Å². The molecule has 1 aliphatic rings. The van der Waals surface area contributed by atoms with Crippen molar-refractivity contribution in [3.05, 3.63) is 84.4 Å². The molecule has 0 radical (unpaired) electrons. The van der Waals surface area contributed by atoms with E-state index in [0.29, 0.717) is 0 Å². The third-order valence-electron chi connectivity index (χ3n) is 6.03. The smallest absolute Gasteiger partial charge is 0.209 e. The van der Waals surface area contributed by atoms with Gasteiger partial charge in [-0.15, -0.1) is 0 Å². The fourth-order valence-electron chi connectivity index (χ4n) is 4.03. The van der Waals surface area contributed by atoms with Crippen LogP contribution in [0, 0.1) is 0 Å². The molecule has 3 aromatic carbocycles. The Labute approximate surface area is 161 Å². The summed E-state index contributed by atoms with van der Waals surface area (Å²) in [6.07, 6.45) is 0. The van der Waals surface area contributed by atoms with Crippen molar-refractivity contribution in [2.75, 3.05) is 7.05 Å². The molecule has 0 bridgehead atoms. The fourth-order valence-corrected chi connectivity index (χ4v) is 6.70. The Kier molecular flexibility index (Phi) is 4.20. The maximum absolute atomic E-state index is 14.6. The van der Waals surface area contributed by atoms with Gasteiger partial charge in [0.1, 0.15) is 7.05 Å². The molecule has 0 aliphatic carbocycles. The first kappa shape index (κ1) is 17.9. The molecule has 4 rings (SSSR count). The van der Waals surface area contributed by atoms with Gasteiger partial charge in [0.05, 0.1) is 5.41 Å². The van der Waals surface area contributed by atoms with E-state index >= 15 is 0 Å². The van der Waals surface area contributed by atoms with Crippen molar-refractivity contribution in [1.82, 2.24) is 0 Å². The summed E-state index contributed by atoms with van der Waals surface area (Å²) in [5.74, 6) is 0. The molecule has 27 heavy (non-hydrogen) atoms. The molecule has 0 atom stereocenters. The fraction of sp³-hybridized carbons (Fsp3) is 0.208. The summed E-state index contributed by atoms with van der Waals surface area (Å²) < 4.78 is 16.8. The first-order valence-electron chi connectivity index (χ1n) is 9.31. The lowest BCUT2D eigenvalue weighted by Crippen LogP contribution is -2.28. The van der Waals surface area contributed by atoms with E-state index in [9.17, 15) is 4.57 Å². The van der Waals surface area contributed by atoms with Crippen molar-refractivity contribution in [1.29, 1.82) is 0 Å². The summed E-state index contributed by atoms with van der Waals surface area (Å²) >= 11 is 0. The van der Waals surface area contributed by atoms with Crippen LogP contribution in [0.15, 0.2) is 78.9 Å². The van der Waals surface area contributed by atoms with Crippen LogP contribution in [-0.2, 0) is 9.98 Å². The number of nitrogens with zero attached hydrogens (tertiary/aromatic N) is 1. The Morgan fingerprint density at radius 1 is 0.778 bits per heavy atom. The number of fused-ring (bicyclic) bond motifs is 1. The second kappa shape index (κ2) is 6.32. The van der Waals surface area contributed by atoms with E-state index in [0.717, 1.165) is 15.9 Å². The SMILES string of the molecule is CC1=[N+](C)c2ccc(P(=O)(c3ccccc3)c3ccccc3)cc2C1(C)C. The molecular formula is C24H25NOP+. The molecule has 0 unspecified atom stereocenters. The predicted molar refractivity (Wildman–Crippen MR) is 115 cm³/mol. The maximum Gasteiger partial charge on any atom is 0.209 e. The third kappa shape index (κ3) is 2.63. The number of hydrogen-bond acceptors (Lipinski definition) is 1. The molecule has 0 fully saturated rings. The predicted octanol–water partition coefficient (Wildman–Crippen LogP) is 4.35. The lowest BCUT2D eigenvalue weighted by atomic mass is 9.82.